The third kappa shape index (κ3) is 3.25. The molecule has 0 aromatic carbocycles. The summed E-state index contributed by atoms with van der Waals surface area (Å²) < 4.78 is 4.59. The van der Waals surface area contributed by atoms with Crippen molar-refractivity contribution >= 4 is 17.1 Å². The van der Waals surface area contributed by atoms with E-state index >= 15 is 0 Å². The van der Waals surface area contributed by atoms with Gasteiger partial charge in [0.1, 0.15) is 0 Å². The molecule has 2 aromatic rings. The molecule has 28 heavy (non-hydrogen) atoms. The van der Waals surface area contributed by atoms with Crippen molar-refractivity contribution in [1.82, 2.24) is 28.5 Å². The summed E-state index contributed by atoms with van der Waals surface area (Å²) in [6, 6.07) is 0. The van der Waals surface area contributed by atoms with Crippen molar-refractivity contribution < 1.29 is 5.11 Å². The van der Waals surface area contributed by atoms with Crippen LogP contribution in [0.2, 0.25) is 0 Å². The fraction of sp³-hybridized carbons (Fsp3) is 0.722. The second-order valence-corrected chi connectivity index (χ2v) is 7.69. The smallest absolute Gasteiger partial charge is 0.332 e. The van der Waals surface area contributed by atoms with Crippen molar-refractivity contribution in [3.8, 4) is 0 Å². The number of aliphatic hydroxyl groups excluding tert-OH is 1. The van der Waals surface area contributed by atoms with Crippen LogP contribution in [0.5, 0.6) is 0 Å². The molecular formula is C18H29N7O3. The number of hydrogen-bond donors (Lipinski definition) is 1. The van der Waals surface area contributed by atoms with Gasteiger partial charge in [-0.05, 0) is 6.42 Å². The lowest BCUT2D eigenvalue weighted by Crippen LogP contribution is -2.49. The van der Waals surface area contributed by atoms with Crippen molar-refractivity contribution in [2.45, 2.75) is 13.0 Å². The van der Waals surface area contributed by atoms with E-state index in [1.54, 1.807) is 7.05 Å². The molecule has 2 aromatic heterocycles. The summed E-state index contributed by atoms with van der Waals surface area (Å²) in [6.45, 7) is 8.36. The molecule has 0 atom stereocenters. The Morgan fingerprint density at radius 3 is 2.25 bits per heavy atom. The molecule has 4 rings (SSSR count). The van der Waals surface area contributed by atoms with E-state index in [9.17, 15) is 9.59 Å². The van der Waals surface area contributed by atoms with Gasteiger partial charge in [-0.15, -0.1) is 0 Å². The van der Waals surface area contributed by atoms with E-state index < -0.39 is 0 Å². The lowest BCUT2D eigenvalue weighted by molar-refractivity contribution is 0.114. The first-order chi connectivity index (χ1) is 13.5. The minimum atomic E-state index is -0.347. The maximum Gasteiger partial charge on any atom is 0.332 e. The number of hydrogen-bond acceptors (Lipinski definition) is 7. The first-order valence-electron chi connectivity index (χ1n) is 9.98. The Hall–Kier alpha value is -2.17. The maximum atomic E-state index is 12.7. The van der Waals surface area contributed by atoms with E-state index in [1.165, 1.54) is 11.6 Å². The van der Waals surface area contributed by atoms with Crippen LogP contribution in [0.4, 0.5) is 5.95 Å². The zero-order valence-electron chi connectivity index (χ0n) is 16.7. The summed E-state index contributed by atoms with van der Waals surface area (Å²) in [5.74, 6) is 0.790. The molecule has 0 spiro atoms. The summed E-state index contributed by atoms with van der Waals surface area (Å²) >= 11 is 0. The van der Waals surface area contributed by atoms with Gasteiger partial charge in [-0.2, -0.15) is 4.98 Å². The molecule has 154 valence electrons. The molecule has 0 radical (unpaired) electrons. The maximum absolute atomic E-state index is 12.7. The summed E-state index contributed by atoms with van der Waals surface area (Å²) in [5.41, 5.74) is 0.355. The highest BCUT2D eigenvalue weighted by Gasteiger charge is 2.26. The van der Waals surface area contributed by atoms with Crippen molar-refractivity contribution in [2.24, 2.45) is 14.1 Å². The summed E-state index contributed by atoms with van der Waals surface area (Å²) in [5, 5.41) is 9.07. The average molecular weight is 391 g/mol. The molecule has 0 saturated carbocycles. The fourth-order valence-electron chi connectivity index (χ4n) is 4.26. The molecule has 0 amide bonds. The molecule has 0 bridgehead atoms. The molecule has 1 N–H and O–H groups in total. The SMILES string of the molecule is Cn1c(=O)c2c(nc3n2CCCN3CCN2CCN(CCO)CC2)n(C)c1=O. The Morgan fingerprint density at radius 2 is 1.57 bits per heavy atom. The highest BCUT2D eigenvalue weighted by molar-refractivity contribution is 5.74. The van der Waals surface area contributed by atoms with Crippen LogP contribution in [0.25, 0.3) is 11.2 Å². The average Bonchev–Trinajstić information content (AvgIpc) is 3.11. The van der Waals surface area contributed by atoms with Crippen LogP contribution in [0, 0.1) is 0 Å². The molecule has 4 heterocycles. The van der Waals surface area contributed by atoms with Crippen LogP contribution in [-0.2, 0) is 20.6 Å². The number of β-amino-alcohol motifs (C(OH)–C–C–N with tert-alkyl or cyclic N) is 1. The lowest BCUT2D eigenvalue weighted by Gasteiger charge is -2.36. The number of aromatic nitrogens is 4. The van der Waals surface area contributed by atoms with Crippen molar-refractivity contribution in [3.05, 3.63) is 20.8 Å². The molecule has 1 fully saturated rings. The third-order valence-electron chi connectivity index (χ3n) is 5.99. The van der Waals surface area contributed by atoms with Crippen LogP contribution in [-0.4, -0.2) is 92.6 Å². The van der Waals surface area contributed by atoms with Gasteiger partial charge in [0.2, 0.25) is 5.95 Å². The Balaban J connectivity index is 1.53. The van der Waals surface area contributed by atoms with E-state index in [4.69, 9.17) is 5.11 Å². The van der Waals surface area contributed by atoms with Gasteiger partial charge in [0.05, 0.1) is 6.61 Å². The quantitative estimate of drug-likeness (QED) is 0.647. The number of nitrogens with zero attached hydrogens (tertiary/aromatic N) is 7. The van der Waals surface area contributed by atoms with Crippen LogP contribution >= 0.6 is 0 Å². The number of fused-ring (bicyclic) bond motifs is 3. The van der Waals surface area contributed by atoms with Crippen LogP contribution in [0.1, 0.15) is 6.42 Å². The lowest BCUT2D eigenvalue weighted by atomic mass is 10.3. The summed E-state index contributed by atoms with van der Waals surface area (Å²) in [4.78, 5) is 36.5. The number of anilines is 1. The van der Waals surface area contributed by atoms with Crippen molar-refractivity contribution in [1.29, 1.82) is 0 Å². The number of imidazole rings is 1. The van der Waals surface area contributed by atoms with Gasteiger partial charge in [0, 0.05) is 73.0 Å². The highest BCUT2D eigenvalue weighted by Crippen LogP contribution is 2.24. The minimum absolute atomic E-state index is 0.214. The van der Waals surface area contributed by atoms with Gasteiger partial charge in [0.25, 0.3) is 5.56 Å². The summed E-state index contributed by atoms with van der Waals surface area (Å²) in [7, 11) is 3.18. The van der Waals surface area contributed by atoms with E-state index in [0.717, 1.165) is 75.8 Å². The Bertz CT molecular complexity index is 968. The van der Waals surface area contributed by atoms with Crippen LogP contribution in [0.3, 0.4) is 0 Å². The van der Waals surface area contributed by atoms with Gasteiger partial charge in [-0.3, -0.25) is 23.7 Å². The monoisotopic (exact) mass is 391 g/mol. The topological polar surface area (TPSA) is 91.8 Å². The van der Waals surface area contributed by atoms with E-state index in [-0.39, 0.29) is 17.9 Å². The molecular weight excluding hydrogens is 362 g/mol. The standard InChI is InChI=1S/C18H29N7O3/c1-20-15-14(16(27)21(2)18(20)28)25-5-3-4-24(17(25)19-15)11-10-22-6-8-23(9-7-22)12-13-26/h26H,3-13H2,1-2H3. The number of aliphatic hydroxyl groups is 1. The largest absolute Gasteiger partial charge is 0.395 e. The Kier molecular flexibility index (Phi) is 5.26. The second kappa shape index (κ2) is 7.69. The molecule has 10 heteroatoms. The molecule has 2 aliphatic heterocycles. The molecule has 1 saturated heterocycles. The van der Waals surface area contributed by atoms with Crippen molar-refractivity contribution in [2.75, 3.05) is 63.9 Å². The Morgan fingerprint density at radius 1 is 0.893 bits per heavy atom. The predicted octanol–water partition coefficient (Wildman–Crippen LogP) is -1.75. The third-order valence-corrected chi connectivity index (χ3v) is 5.99. The van der Waals surface area contributed by atoms with Gasteiger partial charge >= 0.3 is 5.69 Å². The van der Waals surface area contributed by atoms with Crippen LogP contribution in [0.15, 0.2) is 9.59 Å². The van der Waals surface area contributed by atoms with Crippen LogP contribution < -0.4 is 16.1 Å². The zero-order chi connectivity index (χ0) is 19.8. The fourth-order valence-corrected chi connectivity index (χ4v) is 4.26. The second-order valence-electron chi connectivity index (χ2n) is 7.69. The molecule has 0 unspecified atom stereocenters. The van der Waals surface area contributed by atoms with E-state index in [1.807, 2.05) is 4.57 Å². The zero-order valence-corrected chi connectivity index (χ0v) is 16.7. The normalized spacial score (nSPS) is 18.8. The van der Waals surface area contributed by atoms with Gasteiger partial charge < -0.3 is 14.6 Å². The number of piperazine rings is 1. The first-order valence-corrected chi connectivity index (χ1v) is 9.98. The minimum Gasteiger partial charge on any atom is -0.395 e. The number of rotatable bonds is 5. The van der Waals surface area contributed by atoms with Gasteiger partial charge in [-0.1, -0.05) is 0 Å². The van der Waals surface area contributed by atoms with E-state index in [0.29, 0.717) is 11.2 Å². The first kappa shape index (κ1) is 19.2. The van der Waals surface area contributed by atoms with E-state index in [2.05, 4.69) is 19.7 Å². The van der Waals surface area contributed by atoms with Gasteiger partial charge in [0.15, 0.2) is 11.2 Å². The van der Waals surface area contributed by atoms with Gasteiger partial charge in [-0.25, -0.2) is 4.79 Å². The molecule has 10 nitrogen and oxygen atoms in total. The Labute approximate surface area is 163 Å². The molecule has 2 aliphatic rings. The summed E-state index contributed by atoms with van der Waals surface area (Å²) in [6.07, 6.45) is 0.953. The van der Waals surface area contributed by atoms with Crippen molar-refractivity contribution in [3.63, 3.8) is 0 Å². The highest BCUT2D eigenvalue weighted by atomic mass is 16.3. The molecule has 0 aliphatic carbocycles. The number of aryl methyl sites for hydroxylation is 2. The predicted molar refractivity (Wildman–Crippen MR) is 107 cm³/mol.